The quantitative estimate of drug-likeness (QED) is 0.777. The fraction of sp³-hybridized carbons (Fsp3) is 0.429. The molecule has 0 spiro atoms. The molecule has 0 amide bonds. The van der Waals surface area contributed by atoms with Crippen LogP contribution < -0.4 is 5.56 Å². The molecule has 1 aromatic carbocycles. The summed E-state index contributed by atoms with van der Waals surface area (Å²) in [6.07, 6.45) is 1.67. The Labute approximate surface area is 116 Å². The Hall–Kier alpha value is -2.24. The van der Waals surface area contributed by atoms with E-state index in [1.807, 2.05) is 6.92 Å². The van der Waals surface area contributed by atoms with Gasteiger partial charge in [-0.2, -0.15) is 4.68 Å². The summed E-state index contributed by atoms with van der Waals surface area (Å²) in [4.78, 5) is 23.8. The molecule has 1 aromatic heterocycles. The van der Waals surface area contributed by atoms with Crippen LogP contribution in [0.4, 0.5) is 0 Å². The van der Waals surface area contributed by atoms with E-state index in [1.54, 1.807) is 31.2 Å². The molecule has 0 saturated heterocycles. The van der Waals surface area contributed by atoms with Crippen LogP contribution in [0.25, 0.3) is 10.9 Å². The summed E-state index contributed by atoms with van der Waals surface area (Å²) in [6, 6.07) is 6.92. The largest absolute Gasteiger partial charge is 0.442 e. The molecule has 0 saturated carbocycles. The molecule has 2 rings (SSSR count). The van der Waals surface area contributed by atoms with Gasteiger partial charge in [-0.3, -0.25) is 9.59 Å². The lowest BCUT2D eigenvalue weighted by Crippen LogP contribution is -2.27. The van der Waals surface area contributed by atoms with E-state index in [0.717, 1.165) is 17.5 Å². The second kappa shape index (κ2) is 6.27. The average Bonchev–Trinajstić information content (AvgIpc) is 2.47. The fourth-order valence-electron chi connectivity index (χ4n) is 1.93. The number of aromatic nitrogens is 3. The minimum Gasteiger partial charge on any atom is -0.442 e. The number of esters is 1. The van der Waals surface area contributed by atoms with Gasteiger partial charge in [-0.25, -0.2) is 0 Å². The highest BCUT2D eigenvalue weighted by molar-refractivity contribution is 5.76. The first kappa shape index (κ1) is 14.2. The Morgan fingerprint density at radius 2 is 2.15 bits per heavy atom. The minimum absolute atomic E-state index is 0.177. The molecular formula is C14H17N3O3. The molecule has 6 heteroatoms. The van der Waals surface area contributed by atoms with Crippen LogP contribution in [0, 0.1) is 5.92 Å². The maximum atomic E-state index is 12.1. The molecule has 0 N–H and O–H groups in total. The fourth-order valence-corrected chi connectivity index (χ4v) is 1.93. The van der Waals surface area contributed by atoms with E-state index in [0.29, 0.717) is 10.9 Å². The van der Waals surface area contributed by atoms with Crippen LogP contribution in [0.2, 0.25) is 0 Å². The van der Waals surface area contributed by atoms with Crippen molar-refractivity contribution in [1.82, 2.24) is 15.0 Å². The van der Waals surface area contributed by atoms with Crippen molar-refractivity contribution in [3.8, 4) is 0 Å². The first-order valence-electron chi connectivity index (χ1n) is 6.62. The molecule has 0 aliphatic rings. The summed E-state index contributed by atoms with van der Waals surface area (Å²) >= 11 is 0. The number of fused-ring (bicyclic) bond motifs is 1. The highest BCUT2D eigenvalue weighted by atomic mass is 16.5. The third-order valence-electron chi connectivity index (χ3n) is 3.08. The van der Waals surface area contributed by atoms with Crippen LogP contribution in [0.3, 0.4) is 0 Å². The van der Waals surface area contributed by atoms with Gasteiger partial charge in [0, 0.05) is 0 Å². The summed E-state index contributed by atoms with van der Waals surface area (Å²) in [7, 11) is 0. The average molecular weight is 275 g/mol. The van der Waals surface area contributed by atoms with Crippen molar-refractivity contribution >= 4 is 16.9 Å². The first-order valence-corrected chi connectivity index (χ1v) is 6.62. The van der Waals surface area contributed by atoms with Gasteiger partial charge in [0.1, 0.15) is 5.52 Å². The van der Waals surface area contributed by atoms with Gasteiger partial charge in [0.15, 0.2) is 6.73 Å². The zero-order valence-corrected chi connectivity index (χ0v) is 11.6. The molecule has 6 nitrogen and oxygen atoms in total. The van der Waals surface area contributed by atoms with Crippen LogP contribution in [-0.2, 0) is 16.3 Å². The van der Waals surface area contributed by atoms with E-state index < -0.39 is 0 Å². The molecule has 0 bridgehead atoms. The van der Waals surface area contributed by atoms with E-state index in [-0.39, 0.29) is 24.2 Å². The van der Waals surface area contributed by atoms with Crippen LogP contribution in [0.5, 0.6) is 0 Å². The zero-order valence-electron chi connectivity index (χ0n) is 11.6. The van der Waals surface area contributed by atoms with Crippen molar-refractivity contribution in [1.29, 1.82) is 0 Å². The summed E-state index contributed by atoms with van der Waals surface area (Å²) in [5.74, 6) is -0.502. The van der Waals surface area contributed by atoms with Crippen LogP contribution in [0.1, 0.15) is 26.7 Å². The molecule has 0 aliphatic carbocycles. The van der Waals surface area contributed by atoms with E-state index in [1.165, 1.54) is 0 Å². The van der Waals surface area contributed by atoms with Crippen molar-refractivity contribution in [2.24, 2.45) is 5.92 Å². The van der Waals surface area contributed by atoms with Gasteiger partial charge in [0.25, 0.3) is 5.56 Å². The Balaban J connectivity index is 2.13. The normalized spacial score (nSPS) is 12.3. The molecule has 0 radical (unpaired) electrons. The van der Waals surface area contributed by atoms with Crippen molar-refractivity contribution in [3.05, 3.63) is 34.6 Å². The van der Waals surface area contributed by atoms with Crippen LogP contribution >= 0.6 is 0 Å². The van der Waals surface area contributed by atoms with Gasteiger partial charge >= 0.3 is 5.97 Å². The van der Waals surface area contributed by atoms with Gasteiger partial charge in [-0.1, -0.05) is 37.6 Å². The highest BCUT2D eigenvalue weighted by Crippen LogP contribution is 2.07. The van der Waals surface area contributed by atoms with Crippen LogP contribution in [0.15, 0.2) is 29.1 Å². The van der Waals surface area contributed by atoms with Gasteiger partial charge in [-0.05, 0) is 18.6 Å². The molecule has 1 unspecified atom stereocenters. The molecule has 20 heavy (non-hydrogen) atoms. The van der Waals surface area contributed by atoms with E-state index in [9.17, 15) is 9.59 Å². The number of hydrogen-bond acceptors (Lipinski definition) is 5. The molecule has 0 aliphatic heterocycles. The predicted octanol–water partition coefficient (Wildman–Crippen LogP) is 1.73. The summed E-state index contributed by atoms with van der Waals surface area (Å²) < 4.78 is 6.15. The number of carbonyl (C=O) groups is 1. The van der Waals surface area contributed by atoms with Gasteiger partial charge in [0.2, 0.25) is 0 Å². The molecule has 1 atom stereocenters. The SMILES string of the molecule is CCCC(C)C(=O)OCn1nnc2ccccc2c1=O. The minimum atomic E-state index is -0.325. The molecule has 1 heterocycles. The molecule has 2 aromatic rings. The van der Waals surface area contributed by atoms with Gasteiger partial charge < -0.3 is 4.74 Å². The van der Waals surface area contributed by atoms with Crippen molar-refractivity contribution < 1.29 is 9.53 Å². The number of benzene rings is 1. The topological polar surface area (TPSA) is 74.1 Å². The Morgan fingerprint density at radius 3 is 2.90 bits per heavy atom. The lowest BCUT2D eigenvalue weighted by molar-refractivity contribution is -0.152. The zero-order chi connectivity index (χ0) is 14.5. The number of ether oxygens (including phenoxy) is 1. The van der Waals surface area contributed by atoms with Gasteiger partial charge in [-0.15, -0.1) is 5.10 Å². The van der Waals surface area contributed by atoms with Crippen molar-refractivity contribution in [2.75, 3.05) is 0 Å². The second-order valence-electron chi connectivity index (χ2n) is 4.69. The monoisotopic (exact) mass is 275 g/mol. The maximum Gasteiger partial charge on any atom is 0.310 e. The maximum absolute atomic E-state index is 12.1. The third kappa shape index (κ3) is 3.01. The van der Waals surface area contributed by atoms with Crippen LogP contribution in [-0.4, -0.2) is 21.0 Å². The summed E-state index contributed by atoms with van der Waals surface area (Å²) in [6.45, 7) is 3.60. The Bertz CT molecular complexity index is 666. The highest BCUT2D eigenvalue weighted by Gasteiger charge is 2.14. The number of hydrogen-bond donors (Lipinski definition) is 0. The lowest BCUT2D eigenvalue weighted by atomic mass is 10.1. The summed E-state index contributed by atoms with van der Waals surface area (Å²) in [5.41, 5.74) is 0.214. The molecule has 0 fully saturated rings. The number of nitrogens with zero attached hydrogens (tertiary/aromatic N) is 3. The van der Waals surface area contributed by atoms with E-state index >= 15 is 0 Å². The number of rotatable bonds is 5. The van der Waals surface area contributed by atoms with Gasteiger partial charge in [0.05, 0.1) is 11.3 Å². The third-order valence-corrected chi connectivity index (χ3v) is 3.08. The smallest absolute Gasteiger partial charge is 0.310 e. The standard InChI is InChI=1S/C14H17N3O3/c1-3-6-10(2)14(19)20-9-17-13(18)11-7-4-5-8-12(11)15-16-17/h4-5,7-8,10H,3,6,9H2,1-2H3. The Kier molecular flexibility index (Phi) is 4.45. The molecule has 106 valence electrons. The number of carbonyl (C=O) groups excluding carboxylic acids is 1. The second-order valence-corrected chi connectivity index (χ2v) is 4.69. The van der Waals surface area contributed by atoms with E-state index in [2.05, 4.69) is 10.3 Å². The Morgan fingerprint density at radius 1 is 1.40 bits per heavy atom. The first-order chi connectivity index (χ1) is 9.63. The van der Waals surface area contributed by atoms with Crippen molar-refractivity contribution in [3.63, 3.8) is 0 Å². The molecular weight excluding hydrogens is 258 g/mol. The summed E-state index contributed by atoms with van der Waals surface area (Å²) in [5, 5.41) is 8.14. The lowest BCUT2D eigenvalue weighted by Gasteiger charge is -2.10. The predicted molar refractivity (Wildman–Crippen MR) is 74.0 cm³/mol. The van der Waals surface area contributed by atoms with E-state index in [4.69, 9.17) is 4.74 Å². The van der Waals surface area contributed by atoms with Crippen molar-refractivity contribution in [2.45, 2.75) is 33.4 Å².